The van der Waals surface area contributed by atoms with E-state index in [1.54, 1.807) is 12.1 Å². The molecule has 0 radical (unpaired) electrons. The third-order valence-corrected chi connectivity index (χ3v) is 6.21. The van der Waals surface area contributed by atoms with Gasteiger partial charge in [0.05, 0.1) is 28.9 Å². The Hall–Kier alpha value is -0.710. The van der Waals surface area contributed by atoms with Gasteiger partial charge in [0.1, 0.15) is 5.03 Å². The molecule has 2 rings (SSSR count). The molecule has 0 bridgehead atoms. The fraction of sp³-hybridized carbons (Fsp3) is 0.286. The van der Waals surface area contributed by atoms with Gasteiger partial charge in [-0.15, -0.1) is 0 Å². The van der Waals surface area contributed by atoms with Crippen molar-refractivity contribution in [1.82, 2.24) is 4.98 Å². The van der Waals surface area contributed by atoms with E-state index in [0.29, 0.717) is 36.9 Å². The van der Waals surface area contributed by atoms with Crippen LogP contribution in [0.3, 0.4) is 0 Å². The van der Waals surface area contributed by atoms with Crippen LogP contribution >= 0.6 is 31.9 Å². The summed E-state index contributed by atoms with van der Waals surface area (Å²) in [5.41, 5.74) is 2.44. The van der Waals surface area contributed by atoms with E-state index in [0.717, 1.165) is 6.26 Å². The maximum atomic E-state index is 11.8. The smallest absolute Gasteiger partial charge is 0.191 e. The maximum Gasteiger partial charge on any atom is 0.191 e. The molecule has 0 unspecified atom stereocenters. The van der Waals surface area contributed by atoms with Gasteiger partial charge in [-0.25, -0.2) is 8.42 Å². The highest BCUT2D eigenvalue weighted by Gasteiger charge is 2.24. The molecule has 0 aliphatic heterocycles. The lowest BCUT2D eigenvalue weighted by atomic mass is 9.94. The van der Waals surface area contributed by atoms with Gasteiger partial charge in [0.15, 0.2) is 9.84 Å². The van der Waals surface area contributed by atoms with Crippen molar-refractivity contribution in [3.63, 3.8) is 0 Å². The van der Waals surface area contributed by atoms with E-state index in [4.69, 9.17) is 0 Å². The maximum absolute atomic E-state index is 11.8. The Morgan fingerprint density at radius 3 is 2.09 bits per heavy atom. The fourth-order valence-electron chi connectivity index (χ4n) is 2.42. The third kappa shape index (κ3) is 3.40. The molecule has 9 heteroatoms. The van der Waals surface area contributed by atoms with Gasteiger partial charge in [-0.05, 0) is 54.1 Å². The Balaban J connectivity index is 2.81. The molecule has 126 valence electrons. The van der Waals surface area contributed by atoms with Crippen LogP contribution in [0.5, 0.6) is 0 Å². The standard InChI is InChI=1S/C14H15Br2NO5S/c1-23(21,22)14-12(15)11(13(16)17-14)8-3-2-7(4-18)9(5-19)10(8)6-20/h2-3,17-20H,4-6H2,1H3. The molecule has 0 atom stereocenters. The van der Waals surface area contributed by atoms with Gasteiger partial charge in [0.25, 0.3) is 0 Å². The molecule has 1 aromatic carbocycles. The first kappa shape index (κ1) is 18.6. The lowest BCUT2D eigenvalue weighted by Crippen LogP contribution is -2.03. The topological polar surface area (TPSA) is 111 Å². The molecule has 4 N–H and O–H groups in total. The molecule has 0 saturated carbocycles. The van der Waals surface area contributed by atoms with E-state index in [1.807, 2.05) is 0 Å². The van der Waals surface area contributed by atoms with Crippen molar-refractivity contribution in [3.8, 4) is 11.1 Å². The summed E-state index contributed by atoms with van der Waals surface area (Å²) in [4.78, 5) is 2.76. The summed E-state index contributed by atoms with van der Waals surface area (Å²) in [6.07, 6.45) is 1.08. The number of hydrogen-bond acceptors (Lipinski definition) is 5. The number of rotatable bonds is 5. The summed E-state index contributed by atoms with van der Waals surface area (Å²) < 4.78 is 24.4. The van der Waals surface area contributed by atoms with Crippen molar-refractivity contribution >= 4 is 41.7 Å². The Morgan fingerprint density at radius 1 is 1.04 bits per heavy atom. The van der Waals surface area contributed by atoms with E-state index in [2.05, 4.69) is 36.8 Å². The van der Waals surface area contributed by atoms with Crippen LogP contribution in [-0.2, 0) is 29.7 Å². The Labute approximate surface area is 150 Å². The molecular weight excluding hydrogens is 454 g/mol. The summed E-state index contributed by atoms with van der Waals surface area (Å²) in [6.45, 7) is -0.983. The monoisotopic (exact) mass is 467 g/mol. The molecule has 0 aliphatic rings. The van der Waals surface area contributed by atoms with Crippen molar-refractivity contribution in [2.75, 3.05) is 6.26 Å². The molecule has 6 nitrogen and oxygen atoms in total. The van der Waals surface area contributed by atoms with Gasteiger partial charge < -0.3 is 20.3 Å². The van der Waals surface area contributed by atoms with Crippen LogP contribution in [0.1, 0.15) is 16.7 Å². The highest BCUT2D eigenvalue weighted by Crippen LogP contribution is 2.42. The van der Waals surface area contributed by atoms with Crippen LogP contribution in [0.25, 0.3) is 11.1 Å². The summed E-state index contributed by atoms with van der Waals surface area (Å²) in [5, 5.41) is 28.6. The average Bonchev–Trinajstić information content (AvgIpc) is 2.80. The Kier molecular flexibility index (Phi) is 5.70. The second-order valence-electron chi connectivity index (χ2n) is 4.93. The average molecular weight is 469 g/mol. The number of nitrogens with one attached hydrogen (secondary N) is 1. The number of aliphatic hydroxyl groups is 3. The van der Waals surface area contributed by atoms with Crippen LogP contribution in [0.15, 0.2) is 26.2 Å². The largest absolute Gasteiger partial charge is 0.392 e. The van der Waals surface area contributed by atoms with Crippen LogP contribution in [0, 0.1) is 0 Å². The van der Waals surface area contributed by atoms with Crippen LogP contribution in [0.4, 0.5) is 0 Å². The van der Waals surface area contributed by atoms with Crippen LogP contribution < -0.4 is 0 Å². The second-order valence-corrected chi connectivity index (χ2v) is 8.47. The Morgan fingerprint density at radius 2 is 1.65 bits per heavy atom. The van der Waals surface area contributed by atoms with Crippen molar-refractivity contribution < 1.29 is 23.7 Å². The van der Waals surface area contributed by atoms with E-state index < -0.39 is 9.84 Å². The molecule has 0 aliphatic carbocycles. The van der Waals surface area contributed by atoms with Crippen molar-refractivity contribution in [1.29, 1.82) is 0 Å². The quantitative estimate of drug-likeness (QED) is 0.537. The number of aromatic amines is 1. The summed E-state index contributed by atoms with van der Waals surface area (Å²) in [7, 11) is -3.48. The van der Waals surface area contributed by atoms with Crippen molar-refractivity contribution in [2.24, 2.45) is 0 Å². The van der Waals surface area contributed by atoms with Crippen LogP contribution in [0.2, 0.25) is 0 Å². The first-order chi connectivity index (χ1) is 10.8. The number of sulfone groups is 1. The number of H-pyrrole nitrogens is 1. The number of aromatic nitrogens is 1. The van der Waals surface area contributed by atoms with Gasteiger partial charge in [0.2, 0.25) is 0 Å². The normalized spacial score (nSPS) is 11.9. The first-order valence-electron chi connectivity index (χ1n) is 6.49. The minimum absolute atomic E-state index is 0.0139. The minimum Gasteiger partial charge on any atom is -0.392 e. The molecular formula is C14H15Br2NO5S. The highest BCUT2D eigenvalue weighted by atomic mass is 79.9. The van der Waals surface area contributed by atoms with Gasteiger partial charge in [0, 0.05) is 11.8 Å². The molecule has 1 heterocycles. The highest BCUT2D eigenvalue weighted by molar-refractivity contribution is 9.11. The SMILES string of the molecule is CS(=O)(=O)c1[nH]c(Br)c(-c2ccc(CO)c(CO)c2CO)c1Br. The predicted molar refractivity (Wildman–Crippen MR) is 92.5 cm³/mol. The molecule has 1 aromatic heterocycles. The van der Waals surface area contributed by atoms with Crippen LogP contribution in [-0.4, -0.2) is 35.0 Å². The zero-order valence-corrected chi connectivity index (χ0v) is 16.1. The van der Waals surface area contributed by atoms with Crippen molar-refractivity contribution in [3.05, 3.63) is 37.9 Å². The van der Waals surface area contributed by atoms with E-state index in [9.17, 15) is 23.7 Å². The summed E-state index contributed by atoms with van der Waals surface area (Å²) in [6, 6.07) is 3.30. The number of halogens is 2. The third-order valence-electron chi connectivity index (χ3n) is 3.52. The second kappa shape index (κ2) is 7.04. The molecule has 0 amide bonds. The molecule has 23 heavy (non-hydrogen) atoms. The Bertz CT molecular complexity index is 845. The van der Waals surface area contributed by atoms with E-state index in [1.165, 1.54) is 0 Å². The zero-order chi connectivity index (χ0) is 17.4. The van der Waals surface area contributed by atoms with Gasteiger partial charge in [-0.1, -0.05) is 12.1 Å². The van der Waals surface area contributed by atoms with Gasteiger partial charge >= 0.3 is 0 Å². The number of hydrogen-bond donors (Lipinski definition) is 4. The number of aliphatic hydroxyl groups excluding tert-OH is 3. The lowest BCUT2D eigenvalue weighted by molar-refractivity contribution is 0.248. The molecule has 0 saturated heterocycles. The van der Waals surface area contributed by atoms with Crippen molar-refractivity contribution in [2.45, 2.75) is 24.8 Å². The molecule has 0 spiro atoms. The zero-order valence-electron chi connectivity index (χ0n) is 12.1. The lowest BCUT2D eigenvalue weighted by Gasteiger charge is -2.15. The first-order valence-corrected chi connectivity index (χ1v) is 9.97. The van der Waals surface area contributed by atoms with E-state index in [-0.39, 0.29) is 24.8 Å². The van der Waals surface area contributed by atoms with Gasteiger partial charge in [-0.2, -0.15) is 0 Å². The number of benzene rings is 1. The minimum atomic E-state index is -3.48. The predicted octanol–water partition coefficient (Wildman–Crippen LogP) is 2.09. The fourth-order valence-corrected chi connectivity index (χ4v) is 5.54. The molecule has 0 fully saturated rings. The summed E-state index contributed by atoms with van der Waals surface area (Å²) in [5.74, 6) is 0. The van der Waals surface area contributed by atoms with E-state index >= 15 is 0 Å². The molecule has 2 aromatic rings. The summed E-state index contributed by atoms with van der Waals surface area (Å²) >= 11 is 6.59. The van der Waals surface area contributed by atoms with Gasteiger partial charge in [-0.3, -0.25) is 0 Å².